The molecule has 112 valence electrons. The molecule has 4 nitrogen and oxygen atoms in total. The lowest BCUT2D eigenvalue weighted by molar-refractivity contribution is -0.120. The number of hydrogen-bond donors (Lipinski definition) is 2. The summed E-state index contributed by atoms with van der Waals surface area (Å²) in [5.74, 6) is -0.598. The Balaban J connectivity index is 1.98. The fourth-order valence-electron chi connectivity index (χ4n) is 1.89. The summed E-state index contributed by atoms with van der Waals surface area (Å²) in [6.45, 7) is 2.51. The highest BCUT2D eigenvalue weighted by atomic mass is 32.1. The maximum atomic E-state index is 13.0. The highest BCUT2D eigenvalue weighted by Crippen LogP contribution is 2.20. The van der Waals surface area contributed by atoms with Gasteiger partial charge in [-0.3, -0.25) is 9.69 Å². The molecule has 21 heavy (non-hydrogen) atoms. The highest BCUT2D eigenvalue weighted by molar-refractivity contribution is 7.07. The Morgan fingerprint density at radius 1 is 1.48 bits per heavy atom. The van der Waals surface area contributed by atoms with E-state index in [1.807, 2.05) is 30.3 Å². The average Bonchev–Trinajstić information content (AvgIpc) is 2.93. The van der Waals surface area contributed by atoms with Crippen LogP contribution in [0.4, 0.5) is 15.8 Å². The Labute approximate surface area is 127 Å². The molecule has 3 N–H and O–H groups in total. The van der Waals surface area contributed by atoms with Crippen molar-refractivity contribution in [2.24, 2.45) is 0 Å². The lowest BCUT2D eigenvalue weighted by Gasteiger charge is -2.23. The zero-order valence-electron chi connectivity index (χ0n) is 12.0. The molecule has 0 saturated carbocycles. The largest absolute Gasteiger partial charge is 0.397 e. The second kappa shape index (κ2) is 6.69. The first-order valence-electron chi connectivity index (χ1n) is 6.54. The van der Waals surface area contributed by atoms with Gasteiger partial charge in [0.05, 0.1) is 17.4 Å². The minimum absolute atomic E-state index is 0.175. The van der Waals surface area contributed by atoms with Crippen LogP contribution in [0.3, 0.4) is 0 Å². The van der Waals surface area contributed by atoms with Crippen molar-refractivity contribution in [2.75, 3.05) is 18.1 Å². The molecule has 0 aliphatic heterocycles. The molecule has 6 heteroatoms. The third kappa shape index (κ3) is 4.03. The number of nitrogens with zero attached hydrogens (tertiary/aromatic N) is 1. The van der Waals surface area contributed by atoms with Gasteiger partial charge in [0.15, 0.2) is 0 Å². The molecule has 1 amide bonds. The molecule has 1 aromatic heterocycles. The molecule has 0 radical (unpaired) electrons. The molecule has 2 aromatic rings. The summed E-state index contributed by atoms with van der Waals surface area (Å²) in [4.78, 5) is 14.2. The van der Waals surface area contributed by atoms with Crippen molar-refractivity contribution >= 4 is 28.6 Å². The second-order valence-corrected chi connectivity index (χ2v) is 5.72. The summed E-state index contributed by atoms with van der Waals surface area (Å²) in [6.07, 6.45) is 0. The van der Waals surface area contributed by atoms with Crippen molar-refractivity contribution in [1.82, 2.24) is 4.90 Å². The lowest BCUT2D eigenvalue weighted by Crippen LogP contribution is -2.39. The molecule has 0 fully saturated rings. The van der Waals surface area contributed by atoms with E-state index in [0.717, 1.165) is 0 Å². The van der Waals surface area contributed by atoms with Crippen LogP contribution >= 0.6 is 11.3 Å². The molecule has 1 heterocycles. The molecular weight excluding hydrogens is 289 g/mol. The number of nitrogens with one attached hydrogen (secondary N) is 1. The van der Waals surface area contributed by atoms with Crippen LogP contribution in [-0.4, -0.2) is 23.9 Å². The molecule has 0 aliphatic rings. The number of amides is 1. The summed E-state index contributed by atoms with van der Waals surface area (Å²) in [5.41, 5.74) is 7.51. The number of carbonyl (C=O) groups excluding carboxylic acids is 1. The molecule has 1 atom stereocenters. The first-order chi connectivity index (χ1) is 9.97. The molecule has 0 aliphatic carbocycles. The molecule has 0 spiro atoms. The van der Waals surface area contributed by atoms with Gasteiger partial charge in [-0.1, -0.05) is 0 Å². The van der Waals surface area contributed by atoms with Crippen LogP contribution in [0.5, 0.6) is 0 Å². The van der Waals surface area contributed by atoms with Crippen LogP contribution in [0, 0.1) is 5.82 Å². The molecule has 0 saturated heterocycles. The van der Waals surface area contributed by atoms with Gasteiger partial charge in [-0.05, 0) is 54.6 Å². The fourth-order valence-corrected chi connectivity index (χ4v) is 2.55. The number of hydrogen-bond acceptors (Lipinski definition) is 4. The Hall–Kier alpha value is -1.92. The van der Waals surface area contributed by atoms with Crippen molar-refractivity contribution in [3.8, 4) is 0 Å². The summed E-state index contributed by atoms with van der Waals surface area (Å²) in [5, 5.41) is 6.79. The van der Waals surface area contributed by atoms with Crippen LogP contribution in [0.15, 0.2) is 35.0 Å². The van der Waals surface area contributed by atoms with Crippen LogP contribution in [0.25, 0.3) is 0 Å². The van der Waals surface area contributed by atoms with Crippen LogP contribution in [-0.2, 0) is 11.3 Å². The number of benzene rings is 1. The van der Waals surface area contributed by atoms with Crippen molar-refractivity contribution < 1.29 is 9.18 Å². The van der Waals surface area contributed by atoms with Gasteiger partial charge in [-0.15, -0.1) is 0 Å². The fraction of sp³-hybridized carbons (Fsp3) is 0.267. The van der Waals surface area contributed by atoms with E-state index in [-0.39, 0.29) is 17.6 Å². The molecule has 1 unspecified atom stereocenters. The zero-order valence-corrected chi connectivity index (χ0v) is 12.8. The molecule has 1 aromatic carbocycles. The number of thiophene rings is 1. The number of halogens is 1. The smallest absolute Gasteiger partial charge is 0.241 e. The summed E-state index contributed by atoms with van der Waals surface area (Å²) in [6, 6.07) is 5.63. The Morgan fingerprint density at radius 2 is 2.24 bits per heavy atom. The summed E-state index contributed by atoms with van der Waals surface area (Å²) >= 11 is 1.63. The Morgan fingerprint density at radius 3 is 2.86 bits per heavy atom. The maximum Gasteiger partial charge on any atom is 0.241 e. The van der Waals surface area contributed by atoms with Gasteiger partial charge >= 0.3 is 0 Å². The molecule has 0 bridgehead atoms. The molecular formula is C15H18FN3OS. The van der Waals surface area contributed by atoms with E-state index < -0.39 is 5.82 Å². The first-order valence-corrected chi connectivity index (χ1v) is 7.49. The third-order valence-corrected chi connectivity index (χ3v) is 4.06. The number of likely N-dealkylation sites (N-methyl/N-ethyl adjacent to an activating group) is 1. The van der Waals surface area contributed by atoms with E-state index in [1.165, 1.54) is 23.8 Å². The van der Waals surface area contributed by atoms with E-state index >= 15 is 0 Å². The van der Waals surface area contributed by atoms with E-state index in [4.69, 9.17) is 5.73 Å². The van der Waals surface area contributed by atoms with Crippen LogP contribution in [0.2, 0.25) is 0 Å². The first kappa shape index (κ1) is 15.5. The summed E-state index contributed by atoms with van der Waals surface area (Å²) < 4.78 is 13.0. The van der Waals surface area contributed by atoms with Gasteiger partial charge in [-0.2, -0.15) is 11.3 Å². The van der Waals surface area contributed by atoms with E-state index in [0.29, 0.717) is 12.2 Å². The van der Waals surface area contributed by atoms with Crippen molar-refractivity contribution in [3.63, 3.8) is 0 Å². The normalized spacial score (nSPS) is 12.4. The Bertz CT molecular complexity index is 615. The minimum Gasteiger partial charge on any atom is -0.397 e. The van der Waals surface area contributed by atoms with Crippen molar-refractivity contribution in [2.45, 2.75) is 19.5 Å². The van der Waals surface area contributed by atoms with Gasteiger partial charge in [0.1, 0.15) is 5.82 Å². The number of rotatable bonds is 5. The topological polar surface area (TPSA) is 58.4 Å². The quantitative estimate of drug-likeness (QED) is 0.835. The average molecular weight is 307 g/mol. The van der Waals surface area contributed by atoms with Gasteiger partial charge in [0.25, 0.3) is 0 Å². The van der Waals surface area contributed by atoms with Gasteiger partial charge in [0, 0.05) is 6.54 Å². The minimum atomic E-state index is -0.423. The Kier molecular flexibility index (Phi) is 4.93. The van der Waals surface area contributed by atoms with E-state index in [1.54, 1.807) is 11.3 Å². The van der Waals surface area contributed by atoms with Crippen LogP contribution < -0.4 is 11.1 Å². The van der Waals surface area contributed by atoms with Crippen molar-refractivity contribution in [1.29, 1.82) is 0 Å². The van der Waals surface area contributed by atoms with Crippen LogP contribution in [0.1, 0.15) is 12.5 Å². The predicted molar refractivity (Wildman–Crippen MR) is 84.7 cm³/mol. The number of nitrogens with two attached hydrogens (primary N) is 1. The van der Waals surface area contributed by atoms with E-state index in [9.17, 15) is 9.18 Å². The SMILES string of the molecule is CC(C(=O)Nc1ccc(F)cc1N)N(C)Cc1ccsc1. The highest BCUT2D eigenvalue weighted by Gasteiger charge is 2.19. The van der Waals surface area contributed by atoms with Gasteiger partial charge < -0.3 is 11.1 Å². The summed E-state index contributed by atoms with van der Waals surface area (Å²) in [7, 11) is 1.88. The second-order valence-electron chi connectivity index (χ2n) is 4.94. The number of anilines is 2. The lowest BCUT2D eigenvalue weighted by atomic mass is 10.2. The number of carbonyl (C=O) groups is 1. The monoisotopic (exact) mass is 307 g/mol. The van der Waals surface area contributed by atoms with Gasteiger partial charge in [0.2, 0.25) is 5.91 Å². The van der Waals surface area contributed by atoms with E-state index in [2.05, 4.69) is 10.7 Å². The molecule has 2 rings (SSSR count). The standard InChI is InChI=1S/C15H18FN3OS/c1-10(19(2)8-11-5-6-21-9-11)15(20)18-14-4-3-12(16)7-13(14)17/h3-7,9-10H,8,17H2,1-2H3,(H,18,20). The van der Waals surface area contributed by atoms with Gasteiger partial charge in [-0.25, -0.2) is 4.39 Å². The predicted octanol–water partition coefficient (Wildman–Crippen LogP) is 2.93. The zero-order chi connectivity index (χ0) is 15.4. The maximum absolute atomic E-state index is 13.0. The third-order valence-electron chi connectivity index (χ3n) is 3.32. The van der Waals surface area contributed by atoms with Crippen molar-refractivity contribution in [3.05, 3.63) is 46.4 Å². The number of nitrogen functional groups attached to an aromatic ring is 1.